The number of amides is 1. The van der Waals surface area contributed by atoms with E-state index in [1.54, 1.807) is 30.3 Å². The van der Waals surface area contributed by atoms with E-state index in [1.165, 1.54) is 31.7 Å². The molecule has 160 valence electrons. The summed E-state index contributed by atoms with van der Waals surface area (Å²) in [6, 6.07) is 12.9. The van der Waals surface area contributed by atoms with Crippen LogP contribution in [-0.2, 0) is 14.8 Å². The molecule has 2 aliphatic carbocycles. The Bertz CT molecular complexity index is 1030. The molecule has 2 bridgehead atoms. The molecule has 3 atom stereocenters. The van der Waals surface area contributed by atoms with E-state index in [0.717, 1.165) is 23.6 Å². The number of benzene rings is 2. The molecule has 0 unspecified atom stereocenters. The van der Waals surface area contributed by atoms with Gasteiger partial charge in [-0.25, -0.2) is 8.42 Å². The van der Waals surface area contributed by atoms with Gasteiger partial charge in [-0.1, -0.05) is 36.2 Å². The summed E-state index contributed by atoms with van der Waals surface area (Å²) in [5.74, 6) is 1.18. The Balaban J connectivity index is 1.65. The van der Waals surface area contributed by atoms with Crippen LogP contribution in [0.2, 0.25) is 5.02 Å². The van der Waals surface area contributed by atoms with Crippen LogP contribution in [0.4, 0.5) is 5.69 Å². The molecule has 0 aliphatic heterocycles. The third-order valence-corrected chi connectivity index (χ3v) is 8.12. The fraction of sp³-hybridized carbons (Fsp3) is 0.409. The molecule has 2 aromatic carbocycles. The van der Waals surface area contributed by atoms with Crippen molar-refractivity contribution in [1.82, 2.24) is 5.32 Å². The number of halogens is 1. The van der Waals surface area contributed by atoms with E-state index in [2.05, 4.69) is 5.32 Å². The first kappa shape index (κ1) is 21.0. The summed E-state index contributed by atoms with van der Waals surface area (Å²) >= 11 is 6.15. The Kier molecular flexibility index (Phi) is 5.93. The van der Waals surface area contributed by atoms with Crippen LogP contribution in [0.25, 0.3) is 0 Å². The molecule has 8 heteroatoms. The normalized spacial score (nSPS) is 22.7. The number of hydrogen-bond acceptors (Lipinski definition) is 4. The minimum atomic E-state index is -4.01. The van der Waals surface area contributed by atoms with Gasteiger partial charge in [-0.2, -0.15) is 0 Å². The zero-order valence-corrected chi connectivity index (χ0v) is 18.3. The highest BCUT2D eigenvalue weighted by Crippen LogP contribution is 2.44. The van der Waals surface area contributed by atoms with Gasteiger partial charge in [-0.3, -0.25) is 9.10 Å². The Morgan fingerprint density at radius 1 is 1.17 bits per heavy atom. The number of fused-ring (bicyclic) bond motifs is 2. The van der Waals surface area contributed by atoms with Crippen molar-refractivity contribution in [2.24, 2.45) is 11.8 Å². The summed E-state index contributed by atoms with van der Waals surface area (Å²) in [7, 11) is -2.55. The standard InChI is InChI=1S/C22H25ClN2O4S/c1-29-21-10-9-17(23)13-20(21)25(30(27,28)18-5-3-2-4-6-18)14-22(26)24-19-12-15-7-8-16(19)11-15/h2-6,9-10,13,15-16,19H,7-8,11-12,14H2,1H3,(H,24,26)/t15-,16-,19+/m0/s1. The van der Waals surface area contributed by atoms with Crippen LogP contribution in [0.3, 0.4) is 0 Å². The predicted octanol–water partition coefficient (Wildman–Crippen LogP) is 3.85. The molecule has 0 saturated heterocycles. The van der Waals surface area contributed by atoms with Crippen LogP contribution in [0, 0.1) is 11.8 Å². The second-order valence-corrected chi connectivity index (χ2v) is 10.3. The molecule has 6 nitrogen and oxygen atoms in total. The third kappa shape index (κ3) is 4.14. The molecule has 2 fully saturated rings. The van der Waals surface area contributed by atoms with Crippen molar-refractivity contribution < 1.29 is 17.9 Å². The first-order valence-electron chi connectivity index (χ1n) is 10.1. The van der Waals surface area contributed by atoms with Gasteiger partial charge in [-0.15, -0.1) is 0 Å². The maximum Gasteiger partial charge on any atom is 0.264 e. The molecule has 2 saturated carbocycles. The number of nitrogens with one attached hydrogen (secondary N) is 1. The molecular formula is C22H25ClN2O4S. The zero-order chi connectivity index (χ0) is 21.3. The number of rotatable bonds is 7. The van der Waals surface area contributed by atoms with Crippen LogP contribution in [0.5, 0.6) is 5.75 Å². The maximum atomic E-state index is 13.5. The number of anilines is 1. The Hall–Kier alpha value is -2.25. The van der Waals surface area contributed by atoms with Crippen LogP contribution in [-0.4, -0.2) is 34.0 Å². The number of carbonyl (C=O) groups is 1. The van der Waals surface area contributed by atoms with Gasteiger partial charge in [0, 0.05) is 11.1 Å². The summed E-state index contributed by atoms with van der Waals surface area (Å²) in [6.07, 6.45) is 4.48. The highest BCUT2D eigenvalue weighted by molar-refractivity contribution is 7.92. The van der Waals surface area contributed by atoms with E-state index >= 15 is 0 Å². The highest BCUT2D eigenvalue weighted by atomic mass is 35.5. The van der Waals surface area contributed by atoms with Gasteiger partial charge in [-0.05, 0) is 61.4 Å². The minimum absolute atomic E-state index is 0.0970. The van der Waals surface area contributed by atoms with Crippen LogP contribution in [0.15, 0.2) is 53.4 Å². The zero-order valence-electron chi connectivity index (χ0n) is 16.8. The number of methoxy groups -OCH3 is 1. The summed E-state index contributed by atoms with van der Waals surface area (Å²) < 4.78 is 33.4. The quantitative estimate of drug-likeness (QED) is 0.698. The number of ether oxygens (including phenoxy) is 1. The summed E-state index contributed by atoms with van der Waals surface area (Å²) in [6.45, 7) is -0.345. The fourth-order valence-corrected chi connectivity index (χ4v) is 6.29. The van der Waals surface area contributed by atoms with Crippen molar-refractivity contribution >= 4 is 33.2 Å². The average molecular weight is 449 g/mol. The third-order valence-electron chi connectivity index (χ3n) is 6.11. The van der Waals surface area contributed by atoms with Crippen LogP contribution < -0.4 is 14.4 Å². The molecule has 0 radical (unpaired) electrons. The monoisotopic (exact) mass is 448 g/mol. The molecule has 0 aromatic heterocycles. The van der Waals surface area contributed by atoms with Gasteiger partial charge in [0.15, 0.2) is 0 Å². The lowest BCUT2D eigenvalue weighted by atomic mass is 9.95. The van der Waals surface area contributed by atoms with E-state index in [1.807, 2.05) is 0 Å². The van der Waals surface area contributed by atoms with Crippen LogP contribution in [0.1, 0.15) is 25.7 Å². The minimum Gasteiger partial charge on any atom is -0.495 e. The number of nitrogens with zero attached hydrogens (tertiary/aromatic N) is 1. The van der Waals surface area contributed by atoms with E-state index in [-0.39, 0.29) is 29.1 Å². The Labute approximate surface area is 182 Å². The summed E-state index contributed by atoms with van der Waals surface area (Å²) in [4.78, 5) is 13.0. The average Bonchev–Trinajstić information content (AvgIpc) is 3.36. The van der Waals surface area contributed by atoms with Crippen molar-refractivity contribution in [2.75, 3.05) is 18.0 Å². The van der Waals surface area contributed by atoms with Gasteiger partial charge in [0.25, 0.3) is 10.0 Å². The fourth-order valence-electron chi connectivity index (χ4n) is 4.68. The lowest BCUT2D eigenvalue weighted by Crippen LogP contribution is -2.46. The number of hydrogen-bond donors (Lipinski definition) is 1. The SMILES string of the molecule is COc1ccc(Cl)cc1N(CC(=O)N[C@@H]1C[C@H]2CC[C@H]1C2)S(=O)(=O)c1ccccc1. The molecule has 1 amide bonds. The van der Waals surface area contributed by atoms with Crippen molar-refractivity contribution in [3.63, 3.8) is 0 Å². The smallest absolute Gasteiger partial charge is 0.264 e. The molecule has 1 N–H and O–H groups in total. The lowest BCUT2D eigenvalue weighted by Gasteiger charge is -2.28. The van der Waals surface area contributed by atoms with E-state index in [4.69, 9.17) is 16.3 Å². The number of sulfonamides is 1. The Morgan fingerprint density at radius 3 is 2.57 bits per heavy atom. The molecule has 2 aliphatic rings. The van der Waals surface area contributed by atoms with Gasteiger partial charge in [0.2, 0.25) is 5.91 Å². The van der Waals surface area contributed by atoms with Gasteiger partial charge >= 0.3 is 0 Å². The van der Waals surface area contributed by atoms with Crippen molar-refractivity contribution in [3.8, 4) is 5.75 Å². The number of carbonyl (C=O) groups excluding carboxylic acids is 1. The first-order valence-corrected chi connectivity index (χ1v) is 11.9. The molecular weight excluding hydrogens is 424 g/mol. The van der Waals surface area contributed by atoms with Gasteiger partial charge in [0.05, 0.1) is 17.7 Å². The molecule has 30 heavy (non-hydrogen) atoms. The molecule has 0 spiro atoms. The molecule has 0 heterocycles. The molecule has 4 rings (SSSR count). The van der Waals surface area contributed by atoms with Crippen LogP contribution >= 0.6 is 11.6 Å². The second kappa shape index (κ2) is 8.47. The second-order valence-electron chi connectivity index (χ2n) is 7.99. The van der Waals surface area contributed by atoms with Gasteiger partial charge in [0.1, 0.15) is 12.3 Å². The lowest BCUT2D eigenvalue weighted by molar-refractivity contribution is -0.120. The molecule has 2 aromatic rings. The Morgan fingerprint density at radius 2 is 1.93 bits per heavy atom. The maximum absolute atomic E-state index is 13.5. The largest absolute Gasteiger partial charge is 0.495 e. The summed E-state index contributed by atoms with van der Waals surface area (Å²) in [5.41, 5.74) is 0.233. The summed E-state index contributed by atoms with van der Waals surface area (Å²) in [5, 5.41) is 3.42. The highest BCUT2D eigenvalue weighted by Gasteiger charge is 2.40. The van der Waals surface area contributed by atoms with Crippen molar-refractivity contribution in [2.45, 2.75) is 36.6 Å². The van der Waals surface area contributed by atoms with E-state index in [9.17, 15) is 13.2 Å². The van der Waals surface area contributed by atoms with E-state index in [0.29, 0.717) is 22.6 Å². The van der Waals surface area contributed by atoms with Crippen molar-refractivity contribution in [1.29, 1.82) is 0 Å². The van der Waals surface area contributed by atoms with E-state index < -0.39 is 10.0 Å². The van der Waals surface area contributed by atoms with Gasteiger partial charge < -0.3 is 10.1 Å². The van der Waals surface area contributed by atoms with Crippen molar-refractivity contribution in [3.05, 3.63) is 53.6 Å². The first-order chi connectivity index (χ1) is 14.4. The predicted molar refractivity (Wildman–Crippen MR) is 116 cm³/mol. The topological polar surface area (TPSA) is 75.7 Å².